The predicted molar refractivity (Wildman–Crippen MR) is 81.6 cm³/mol. The van der Waals surface area contributed by atoms with Crippen molar-refractivity contribution in [2.45, 2.75) is 44.0 Å². The van der Waals surface area contributed by atoms with Crippen LogP contribution in [-0.4, -0.2) is 42.3 Å². The summed E-state index contributed by atoms with van der Waals surface area (Å²) in [5.41, 5.74) is 0.613. The molecule has 0 fully saturated rings. The van der Waals surface area contributed by atoms with E-state index in [4.69, 9.17) is 0 Å². The first-order valence-electron chi connectivity index (χ1n) is 7.78. The number of carbonyl (C=O) groups is 3. The summed E-state index contributed by atoms with van der Waals surface area (Å²) in [6.45, 7) is 4.07. The molecule has 1 aromatic rings. The Labute approximate surface area is 160 Å². The van der Waals surface area contributed by atoms with E-state index in [9.17, 15) is 45.8 Å². The van der Waals surface area contributed by atoms with E-state index in [1.54, 1.807) is 12.1 Å². The van der Waals surface area contributed by atoms with Crippen molar-refractivity contribution in [3.63, 3.8) is 0 Å². The highest BCUT2D eigenvalue weighted by Gasteiger charge is 2.76. The maximum Gasteiger partial charge on any atom is 0.411 e. The molecule has 0 aliphatic rings. The van der Waals surface area contributed by atoms with Gasteiger partial charge in [0.2, 0.25) is 0 Å². The van der Waals surface area contributed by atoms with Crippen LogP contribution < -0.4 is 9.84 Å². The van der Waals surface area contributed by atoms with E-state index in [2.05, 4.69) is 9.47 Å². The van der Waals surface area contributed by atoms with Gasteiger partial charge in [-0.05, 0) is 23.1 Å². The predicted octanol–water partition coefficient (Wildman–Crippen LogP) is 2.09. The van der Waals surface area contributed by atoms with Crippen LogP contribution in [0.3, 0.4) is 0 Å². The first kappa shape index (κ1) is 24.2. The minimum absolute atomic E-state index is 0.0976. The molecule has 0 N–H and O–H groups in total. The molecular weight excluding hydrogens is 414 g/mol. The number of carboxylic acids is 1. The van der Waals surface area contributed by atoms with Gasteiger partial charge in [0.1, 0.15) is 11.7 Å². The number of alkyl halides is 6. The second-order valence-corrected chi connectivity index (χ2v) is 6.84. The lowest BCUT2D eigenvalue weighted by Crippen LogP contribution is -2.64. The van der Waals surface area contributed by atoms with E-state index in [0.717, 1.165) is 5.56 Å². The Morgan fingerprint density at radius 3 is 1.79 bits per heavy atom. The van der Waals surface area contributed by atoms with Crippen molar-refractivity contribution in [2.24, 2.45) is 0 Å². The van der Waals surface area contributed by atoms with Gasteiger partial charge < -0.3 is 19.4 Å². The molecule has 0 aliphatic heterocycles. The van der Waals surface area contributed by atoms with E-state index in [0.29, 0.717) is 0 Å². The zero-order valence-corrected chi connectivity index (χ0v) is 15.2. The van der Waals surface area contributed by atoms with Crippen LogP contribution in [0.1, 0.15) is 26.3 Å². The third-order valence-corrected chi connectivity index (χ3v) is 3.57. The monoisotopic (exact) mass is 429 g/mol. The molecule has 162 valence electrons. The fraction of sp³-hybridized carbons (Fsp3) is 0.471. The topological polar surface area (TPSA) is 92.7 Å². The highest BCUT2D eigenvalue weighted by molar-refractivity contribution is 5.85. The number of halogens is 6. The second-order valence-electron chi connectivity index (χ2n) is 6.84. The quantitative estimate of drug-likeness (QED) is 0.375. The molecule has 0 saturated heterocycles. The molecule has 0 unspecified atom stereocenters. The number of carboxylic acid groups (broad SMARTS) is 1. The lowest BCUT2D eigenvalue weighted by molar-refractivity contribution is -0.366. The number of benzene rings is 1. The summed E-state index contributed by atoms with van der Waals surface area (Å²) >= 11 is 0. The SMILES string of the molecule is CC(C)(C)c1ccc(OC(=O)COC(=O)C(F)(F)C(F)(F)C(F)(F)C(=O)[O-])cc1. The van der Waals surface area contributed by atoms with Crippen LogP contribution in [0.2, 0.25) is 0 Å². The van der Waals surface area contributed by atoms with Gasteiger partial charge in [-0.1, -0.05) is 32.9 Å². The van der Waals surface area contributed by atoms with Crippen LogP contribution in [-0.2, 0) is 24.5 Å². The molecule has 0 radical (unpaired) electrons. The summed E-state index contributed by atoms with van der Waals surface area (Å²) in [7, 11) is 0. The summed E-state index contributed by atoms with van der Waals surface area (Å²) in [5.74, 6) is -28.0. The Bertz CT molecular complexity index is 783. The number of aliphatic carboxylic acids is 1. The van der Waals surface area contributed by atoms with E-state index in [1.165, 1.54) is 12.1 Å². The molecule has 0 spiro atoms. The van der Waals surface area contributed by atoms with Gasteiger partial charge in [-0.25, -0.2) is 9.59 Å². The molecule has 0 heterocycles. The molecule has 12 heteroatoms. The molecule has 0 atom stereocenters. The van der Waals surface area contributed by atoms with Gasteiger partial charge >= 0.3 is 29.7 Å². The highest BCUT2D eigenvalue weighted by atomic mass is 19.3. The number of hydrogen-bond acceptors (Lipinski definition) is 6. The first-order valence-corrected chi connectivity index (χ1v) is 7.78. The molecule has 6 nitrogen and oxygen atoms in total. The Kier molecular flexibility index (Phi) is 6.62. The van der Waals surface area contributed by atoms with E-state index in [1.807, 2.05) is 20.8 Å². The molecule has 1 rings (SSSR count). The molecule has 0 aromatic heterocycles. The normalized spacial score (nSPS) is 13.0. The highest BCUT2D eigenvalue weighted by Crippen LogP contribution is 2.46. The fourth-order valence-corrected chi connectivity index (χ4v) is 1.85. The minimum atomic E-state index is -6.68. The van der Waals surface area contributed by atoms with E-state index >= 15 is 0 Å². The fourth-order valence-electron chi connectivity index (χ4n) is 1.85. The number of carbonyl (C=O) groups excluding carboxylic acids is 3. The van der Waals surface area contributed by atoms with Crippen LogP contribution in [0.4, 0.5) is 26.3 Å². The molecule has 29 heavy (non-hydrogen) atoms. The minimum Gasteiger partial charge on any atom is -0.544 e. The van der Waals surface area contributed by atoms with Gasteiger partial charge in [0.25, 0.3) is 0 Å². The summed E-state index contributed by atoms with van der Waals surface area (Å²) in [4.78, 5) is 32.6. The largest absolute Gasteiger partial charge is 0.544 e. The average Bonchev–Trinajstić information content (AvgIpc) is 2.58. The van der Waals surface area contributed by atoms with Crippen molar-refractivity contribution in [3.05, 3.63) is 29.8 Å². The zero-order valence-electron chi connectivity index (χ0n) is 15.2. The summed E-state index contributed by atoms with van der Waals surface area (Å²) in [5, 5.41) is 9.99. The Hall–Kier alpha value is -2.79. The molecule has 0 saturated carbocycles. The second kappa shape index (κ2) is 7.91. The number of ether oxygens (including phenoxy) is 2. The number of esters is 2. The van der Waals surface area contributed by atoms with Gasteiger partial charge in [-0.15, -0.1) is 0 Å². The number of hydrogen-bond donors (Lipinski definition) is 0. The van der Waals surface area contributed by atoms with E-state index in [-0.39, 0.29) is 11.2 Å². The van der Waals surface area contributed by atoms with E-state index < -0.39 is 42.3 Å². The standard InChI is InChI=1S/C17H16F6O6/c1-14(2,3)9-4-6-10(7-5-9)29-11(24)8-28-13(27)16(20,21)17(22,23)15(18,19)12(25)26/h4-7H,8H2,1-3H3,(H,25,26)/p-1. The summed E-state index contributed by atoms with van der Waals surface area (Å²) in [6, 6.07) is 5.80. The van der Waals surface area contributed by atoms with Crippen molar-refractivity contribution in [1.29, 1.82) is 0 Å². The first-order chi connectivity index (χ1) is 12.9. The molecular formula is C17H15F6O6-. The lowest BCUT2D eigenvalue weighted by Gasteiger charge is -2.31. The van der Waals surface area contributed by atoms with Crippen LogP contribution in [0.25, 0.3) is 0 Å². The van der Waals surface area contributed by atoms with Gasteiger partial charge in [-0.2, -0.15) is 26.3 Å². The van der Waals surface area contributed by atoms with Gasteiger partial charge in [0.15, 0.2) is 6.61 Å². The Balaban J connectivity index is 2.78. The summed E-state index contributed by atoms with van der Waals surface area (Å²) < 4.78 is 86.8. The summed E-state index contributed by atoms with van der Waals surface area (Å²) in [6.07, 6.45) is 0. The molecule has 0 bridgehead atoms. The van der Waals surface area contributed by atoms with Crippen LogP contribution >= 0.6 is 0 Å². The Morgan fingerprint density at radius 1 is 0.897 bits per heavy atom. The van der Waals surface area contributed by atoms with Crippen molar-refractivity contribution < 1.29 is 55.3 Å². The maximum absolute atomic E-state index is 13.3. The smallest absolute Gasteiger partial charge is 0.411 e. The molecule has 0 amide bonds. The van der Waals surface area contributed by atoms with Crippen molar-refractivity contribution in [2.75, 3.05) is 6.61 Å². The molecule has 0 aliphatic carbocycles. The van der Waals surface area contributed by atoms with Crippen LogP contribution in [0.5, 0.6) is 5.75 Å². The van der Waals surface area contributed by atoms with Crippen molar-refractivity contribution >= 4 is 17.9 Å². The maximum atomic E-state index is 13.3. The van der Waals surface area contributed by atoms with Crippen molar-refractivity contribution in [1.82, 2.24) is 0 Å². The lowest BCUT2D eigenvalue weighted by atomic mass is 9.87. The molecule has 1 aromatic carbocycles. The average molecular weight is 429 g/mol. The van der Waals surface area contributed by atoms with Gasteiger partial charge in [0, 0.05) is 0 Å². The third kappa shape index (κ3) is 4.98. The number of rotatable bonds is 7. The van der Waals surface area contributed by atoms with Crippen molar-refractivity contribution in [3.8, 4) is 5.75 Å². The van der Waals surface area contributed by atoms with Gasteiger partial charge in [-0.3, -0.25) is 0 Å². The third-order valence-electron chi connectivity index (χ3n) is 3.57. The zero-order chi connectivity index (χ0) is 22.8. The van der Waals surface area contributed by atoms with Gasteiger partial charge in [0.05, 0.1) is 0 Å². The Morgan fingerprint density at radius 2 is 1.38 bits per heavy atom. The van der Waals surface area contributed by atoms with Crippen LogP contribution in [0, 0.1) is 0 Å². The van der Waals surface area contributed by atoms with Crippen LogP contribution in [0.15, 0.2) is 24.3 Å².